The van der Waals surface area contributed by atoms with Crippen LogP contribution < -0.4 is 0 Å². The van der Waals surface area contributed by atoms with Gasteiger partial charge in [0.15, 0.2) is 0 Å². The molecule has 0 aliphatic carbocycles. The zero-order valence-corrected chi connectivity index (χ0v) is 8.04. The molecule has 1 heterocycles. The minimum absolute atomic E-state index is 0.273. The number of rotatable bonds is 2. The van der Waals surface area contributed by atoms with Crippen molar-refractivity contribution in [1.82, 2.24) is 9.97 Å². The number of phenolic OH excluding ortho intramolecular Hbond substituents is 1. The van der Waals surface area contributed by atoms with Crippen molar-refractivity contribution in [3.63, 3.8) is 0 Å². The molecule has 0 unspecified atom stereocenters. The molecule has 0 bridgehead atoms. The highest BCUT2D eigenvalue weighted by atomic mass is 16.3. The molecule has 3 heteroatoms. The Balaban J connectivity index is 2.15. The van der Waals surface area contributed by atoms with Gasteiger partial charge in [-0.05, 0) is 17.7 Å². The van der Waals surface area contributed by atoms with Crippen LogP contribution >= 0.6 is 0 Å². The maximum absolute atomic E-state index is 9.10. The van der Waals surface area contributed by atoms with Crippen molar-refractivity contribution in [1.29, 1.82) is 0 Å². The first-order valence-corrected chi connectivity index (χ1v) is 4.57. The Morgan fingerprint density at radius 2 is 1.47 bits per heavy atom. The van der Waals surface area contributed by atoms with E-state index in [4.69, 9.17) is 5.11 Å². The fraction of sp³-hybridized carbons (Fsp3) is 0. The van der Waals surface area contributed by atoms with Crippen LogP contribution in [0.15, 0.2) is 43.0 Å². The molecule has 2 aromatic rings. The van der Waals surface area contributed by atoms with E-state index in [9.17, 15) is 0 Å². The van der Waals surface area contributed by atoms with Gasteiger partial charge in [0.25, 0.3) is 0 Å². The second-order valence-corrected chi connectivity index (χ2v) is 3.10. The van der Waals surface area contributed by atoms with Gasteiger partial charge in [-0.2, -0.15) is 0 Å². The first-order chi connectivity index (χ1) is 7.34. The molecule has 1 aromatic carbocycles. The number of nitrogens with zero attached hydrogens (tertiary/aromatic N) is 2. The van der Waals surface area contributed by atoms with Gasteiger partial charge in [0.2, 0.25) is 0 Å². The summed E-state index contributed by atoms with van der Waals surface area (Å²) in [4.78, 5) is 7.82. The van der Waals surface area contributed by atoms with Crippen molar-refractivity contribution >= 4 is 12.2 Å². The van der Waals surface area contributed by atoms with Crippen molar-refractivity contribution in [3.05, 3.63) is 54.1 Å². The number of aromatic hydroxyl groups is 1. The van der Waals surface area contributed by atoms with Crippen molar-refractivity contribution in [2.75, 3.05) is 0 Å². The molecule has 0 radical (unpaired) electrons. The lowest BCUT2D eigenvalue weighted by Crippen LogP contribution is -1.78. The molecule has 0 spiro atoms. The van der Waals surface area contributed by atoms with E-state index in [1.807, 2.05) is 24.3 Å². The van der Waals surface area contributed by atoms with Crippen LogP contribution in [-0.2, 0) is 0 Å². The lowest BCUT2D eigenvalue weighted by molar-refractivity contribution is 0.475. The van der Waals surface area contributed by atoms with E-state index in [2.05, 4.69) is 9.97 Å². The summed E-state index contributed by atoms with van der Waals surface area (Å²) in [5.41, 5.74) is 1.97. The Labute approximate surface area is 87.8 Å². The van der Waals surface area contributed by atoms with E-state index >= 15 is 0 Å². The third kappa shape index (κ3) is 2.64. The van der Waals surface area contributed by atoms with E-state index in [1.165, 1.54) is 6.33 Å². The Hall–Kier alpha value is -2.16. The average molecular weight is 198 g/mol. The summed E-state index contributed by atoms with van der Waals surface area (Å²) < 4.78 is 0. The molecule has 3 nitrogen and oxygen atoms in total. The average Bonchev–Trinajstić information content (AvgIpc) is 2.30. The highest BCUT2D eigenvalue weighted by Gasteiger charge is 1.88. The van der Waals surface area contributed by atoms with Gasteiger partial charge in [-0.15, -0.1) is 0 Å². The number of benzene rings is 1. The lowest BCUT2D eigenvalue weighted by Gasteiger charge is -1.94. The molecule has 15 heavy (non-hydrogen) atoms. The zero-order valence-electron chi connectivity index (χ0n) is 8.04. The van der Waals surface area contributed by atoms with Crippen LogP contribution in [0.1, 0.15) is 11.1 Å². The second kappa shape index (κ2) is 4.37. The van der Waals surface area contributed by atoms with Gasteiger partial charge in [-0.1, -0.05) is 24.3 Å². The van der Waals surface area contributed by atoms with E-state index in [1.54, 1.807) is 24.5 Å². The van der Waals surface area contributed by atoms with E-state index < -0.39 is 0 Å². The molecule has 1 N–H and O–H groups in total. The minimum Gasteiger partial charge on any atom is -0.508 e. The van der Waals surface area contributed by atoms with Crippen LogP contribution in [0.25, 0.3) is 12.2 Å². The summed E-state index contributed by atoms with van der Waals surface area (Å²) in [6.07, 6.45) is 8.84. The largest absolute Gasteiger partial charge is 0.508 e. The predicted molar refractivity (Wildman–Crippen MR) is 59.1 cm³/mol. The minimum atomic E-state index is 0.273. The summed E-state index contributed by atoms with van der Waals surface area (Å²) in [6, 6.07) is 6.99. The maximum Gasteiger partial charge on any atom is 0.115 e. The summed E-state index contributed by atoms with van der Waals surface area (Å²) >= 11 is 0. The Morgan fingerprint density at radius 1 is 0.867 bits per heavy atom. The Morgan fingerprint density at radius 3 is 2.13 bits per heavy atom. The third-order valence-corrected chi connectivity index (χ3v) is 1.94. The number of hydrogen-bond acceptors (Lipinski definition) is 3. The molecule has 0 saturated carbocycles. The zero-order chi connectivity index (χ0) is 10.5. The van der Waals surface area contributed by atoms with E-state index in [0.717, 1.165) is 11.1 Å². The van der Waals surface area contributed by atoms with Crippen LogP contribution in [0.3, 0.4) is 0 Å². The van der Waals surface area contributed by atoms with Crippen molar-refractivity contribution in [2.24, 2.45) is 0 Å². The molecule has 0 fully saturated rings. The van der Waals surface area contributed by atoms with Gasteiger partial charge in [0.1, 0.15) is 12.1 Å². The van der Waals surface area contributed by atoms with Crippen LogP contribution in [0.2, 0.25) is 0 Å². The van der Waals surface area contributed by atoms with Crippen LogP contribution in [0.4, 0.5) is 0 Å². The van der Waals surface area contributed by atoms with Gasteiger partial charge in [0.05, 0.1) is 0 Å². The first kappa shape index (κ1) is 9.40. The third-order valence-electron chi connectivity index (χ3n) is 1.94. The van der Waals surface area contributed by atoms with Gasteiger partial charge >= 0.3 is 0 Å². The van der Waals surface area contributed by atoms with Crippen molar-refractivity contribution in [3.8, 4) is 5.75 Å². The van der Waals surface area contributed by atoms with Crippen LogP contribution in [0, 0.1) is 0 Å². The Bertz CT molecular complexity index is 449. The monoisotopic (exact) mass is 198 g/mol. The molecule has 0 saturated heterocycles. The van der Waals surface area contributed by atoms with Gasteiger partial charge in [0, 0.05) is 18.0 Å². The van der Waals surface area contributed by atoms with Gasteiger partial charge in [-0.25, -0.2) is 9.97 Å². The summed E-state index contributed by atoms with van der Waals surface area (Å²) in [7, 11) is 0. The fourth-order valence-electron chi connectivity index (χ4n) is 1.17. The SMILES string of the molecule is Oc1ccc(C=Cc2cncnc2)cc1. The molecular weight excluding hydrogens is 188 g/mol. The second-order valence-electron chi connectivity index (χ2n) is 3.10. The van der Waals surface area contributed by atoms with Crippen LogP contribution in [0.5, 0.6) is 5.75 Å². The molecule has 1 aromatic heterocycles. The predicted octanol–water partition coefficient (Wildman–Crippen LogP) is 2.35. The fourth-order valence-corrected chi connectivity index (χ4v) is 1.17. The molecule has 0 atom stereocenters. The smallest absolute Gasteiger partial charge is 0.115 e. The summed E-state index contributed by atoms with van der Waals surface area (Å²) in [5, 5.41) is 9.10. The number of hydrogen-bond donors (Lipinski definition) is 1. The molecule has 74 valence electrons. The molecule has 2 rings (SSSR count). The maximum atomic E-state index is 9.10. The Kier molecular flexibility index (Phi) is 2.74. The van der Waals surface area contributed by atoms with E-state index in [-0.39, 0.29) is 5.75 Å². The standard InChI is InChI=1S/C12H10N2O/c15-12-5-3-10(4-6-12)1-2-11-7-13-9-14-8-11/h1-9,15H. The molecular formula is C12H10N2O. The molecule has 0 aliphatic heterocycles. The van der Waals surface area contributed by atoms with E-state index in [0.29, 0.717) is 0 Å². The normalized spacial score (nSPS) is 10.7. The number of aromatic nitrogens is 2. The van der Waals surface area contributed by atoms with Crippen molar-refractivity contribution in [2.45, 2.75) is 0 Å². The van der Waals surface area contributed by atoms with Crippen LogP contribution in [-0.4, -0.2) is 15.1 Å². The van der Waals surface area contributed by atoms with Gasteiger partial charge < -0.3 is 5.11 Å². The summed E-state index contributed by atoms with van der Waals surface area (Å²) in [5.74, 6) is 0.273. The molecule has 0 amide bonds. The lowest BCUT2D eigenvalue weighted by atomic mass is 10.2. The highest BCUT2D eigenvalue weighted by Crippen LogP contribution is 2.12. The topological polar surface area (TPSA) is 46.0 Å². The highest BCUT2D eigenvalue weighted by molar-refractivity contribution is 5.68. The molecule has 0 aliphatic rings. The van der Waals surface area contributed by atoms with Crippen molar-refractivity contribution < 1.29 is 5.11 Å². The quantitative estimate of drug-likeness (QED) is 0.805. The number of phenols is 1. The first-order valence-electron chi connectivity index (χ1n) is 4.57. The van der Waals surface area contributed by atoms with Gasteiger partial charge in [-0.3, -0.25) is 0 Å². The summed E-state index contributed by atoms with van der Waals surface area (Å²) in [6.45, 7) is 0.